The fourth-order valence-electron chi connectivity index (χ4n) is 3.48. The highest BCUT2D eigenvalue weighted by Gasteiger charge is 2.44. The Morgan fingerprint density at radius 3 is 2.59 bits per heavy atom. The number of carbonyl (C=O) groups excluding carboxylic acids is 1. The molecule has 0 fully saturated rings. The van der Waals surface area contributed by atoms with Crippen molar-refractivity contribution in [3.8, 4) is 0 Å². The van der Waals surface area contributed by atoms with Crippen LogP contribution in [0.1, 0.15) is 27.7 Å². The molecule has 4 aromatic rings. The fraction of sp³-hybridized carbons (Fsp3) is 0.0500. The molecule has 2 aromatic carbocycles. The van der Waals surface area contributed by atoms with Crippen molar-refractivity contribution in [3.63, 3.8) is 0 Å². The van der Waals surface area contributed by atoms with Crippen LogP contribution < -0.4 is 10.3 Å². The smallest absolute Gasteiger partial charge is 0.297 e. The zero-order valence-electron chi connectivity index (χ0n) is 14.4. The van der Waals surface area contributed by atoms with E-state index in [1.54, 1.807) is 41.9 Å². The predicted octanol–water partition coefficient (Wildman–Crippen LogP) is 5.96. The minimum Gasteiger partial charge on any atom is -0.450 e. The van der Waals surface area contributed by atoms with Crippen LogP contribution in [-0.4, -0.2) is 10.9 Å². The Morgan fingerprint density at radius 1 is 1.03 bits per heavy atom. The summed E-state index contributed by atoms with van der Waals surface area (Å²) < 4.78 is 5.85. The number of hydrogen-bond acceptors (Lipinski definition) is 5. The summed E-state index contributed by atoms with van der Waals surface area (Å²) in [5.74, 6) is -0.462. The summed E-state index contributed by atoms with van der Waals surface area (Å²) in [7, 11) is 0. The van der Waals surface area contributed by atoms with Gasteiger partial charge in [0.1, 0.15) is 5.58 Å². The molecule has 5 nitrogen and oxygen atoms in total. The van der Waals surface area contributed by atoms with Crippen LogP contribution in [-0.2, 0) is 0 Å². The standard InChI is InChI=1S/C20H9Cl3N2O3S/c21-10-2-4-14-11(8-10)17(26)15-16(9-1-3-12(22)13(23)7-9)25(19(27)18(15)28-14)20-24-5-6-29-20/h1-8,16H/t16-/m0/s1. The average molecular weight is 464 g/mol. The number of nitrogens with zero attached hydrogens (tertiary/aromatic N) is 2. The van der Waals surface area contributed by atoms with Crippen LogP contribution in [0.3, 0.4) is 0 Å². The molecule has 1 aliphatic heterocycles. The summed E-state index contributed by atoms with van der Waals surface area (Å²) >= 11 is 19.6. The molecule has 1 amide bonds. The normalized spacial score (nSPS) is 15.9. The highest BCUT2D eigenvalue weighted by Crippen LogP contribution is 2.43. The summed E-state index contributed by atoms with van der Waals surface area (Å²) in [6, 6.07) is 8.95. The first-order valence-corrected chi connectivity index (χ1v) is 10.4. The van der Waals surface area contributed by atoms with E-state index in [-0.39, 0.29) is 16.8 Å². The number of benzene rings is 2. The molecule has 1 atom stereocenters. The Labute approximate surface area is 183 Å². The molecule has 1 aliphatic rings. The Morgan fingerprint density at radius 2 is 1.86 bits per heavy atom. The van der Waals surface area contributed by atoms with Gasteiger partial charge in [-0.2, -0.15) is 0 Å². The molecule has 0 aliphatic carbocycles. The topological polar surface area (TPSA) is 63.4 Å². The molecule has 144 valence electrons. The Balaban J connectivity index is 1.84. The Bertz CT molecular complexity index is 1350. The second-order valence-electron chi connectivity index (χ2n) is 6.38. The molecule has 0 N–H and O–H groups in total. The van der Waals surface area contributed by atoms with Crippen LogP contribution in [0, 0.1) is 0 Å². The molecule has 0 unspecified atom stereocenters. The van der Waals surface area contributed by atoms with Gasteiger partial charge in [0.05, 0.1) is 27.0 Å². The molecule has 29 heavy (non-hydrogen) atoms. The summed E-state index contributed by atoms with van der Waals surface area (Å²) in [5, 5.41) is 3.59. The van der Waals surface area contributed by atoms with Crippen molar-refractivity contribution in [3.05, 3.63) is 90.2 Å². The van der Waals surface area contributed by atoms with E-state index in [1.165, 1.54) is 22.3 Å². The first-order valence-electron chi connectivity index (χ1n) is 8.40. The quantitative estimate of drug-likeness (QED) is 0.368. The van der Waals surface area contributed by atoms with E-state index in [2.05, 4.69) is 4.98 Å². The van der Waals surface area contributed by atoms with Gasteiger partial charge in [-0.3, -0.25) is 14.5 Å². The highest BCUT2D eigenvalue weighted by atomic mass is 35.5. The van der Waals surface area contributed by atoms with E-state index in [0.717, 1.165) is 0 Å². The second-order valence-corrected chi connectivity index (χ2v) is 8.50. The van der Waals surface area contributed by atoms with Crippen molar-refractivity contribution in [1.82, 2.24) is 4.98 Å². The molecular formula is C20H9Cl3N2O3S. The molecule has 0 radical (unpaired) electrons. The number of carbonyl (C=O) groups is 1. The van der Waals surface area contributed by atoms with Gasteiger partial charge in [-0.15, -0.1) is 11.3 Å². The third-order valence-corrected chi connectivity index (χ3v) is 6.46. The average Bonchev–Trinajstić information content (AvgIpc) is 3.32. The molecule has 0 spiro atoms. The molecule has 2 aromatic heterocycles. The fourth-order valence-corrected chi connectivity index (χ4v) is 4.62. The minimum atomic E-state index is -0.752. The zero-order valence-corrected chi connectivity index (χ0v) is 17.4. The number of thiazole rings is 1. The maximum atomic E-state index is 13.4. The van der Waals surface area contributed by atoms with Crippen LogP contribution in [0.4, 0.5) is 5.13 Å². The van der Waals surface area contributed by atoms with Gasteiger partial charge in [-0.1, -0.05) is 40.9 Å². The Hall–Kier alpha value is -2.38. The van der Waals surface area contributed by atoms with Gasteiger partial charge in [-0.25, -0.2) is 4.98 Å². The van der Waals surface area contributed by atoms with E-state index in [0.29, 0.717) is 36.7 Å². The molecule has 3 heterocycles. The maximum absolute atomic E-state index is 13.4. The van der Waals surface area contributed by atoms with Gasteiger partial charge < -0.3 is 4.42 Å². The van der Waals surface area contributed by atoms with Crippen molar-refractivity contribution in [1.29, 1.82) is 0 Å². The van der Waals surface area contributed by atoms with Gasteiger partial charge in [-0.05, 0) is 35.9 Å². The van der Waals surface area contributed by atoms with Crippen LogP contribution in [0.25, 0.3) is 11.0 Å². The zero-order chi connectivity index (χ0) is 20.3. The van der Waals surface area contributed by atoms with Crippen molar-refractivity contribution in [2.24, 2.45) is 0 Å². The van der Waals surface area contributed by atoms with Gasteiger partial charge in [0.15, 0.2) is 10.6 Å². The number of hydrogen-bond donors (Lipinski definition) is 0. The van der Waals surface area contributed by atoms with Crippen LogP contribution in [0.5, 0.6) is 0 Å². The highest BCUT2D eigenvalue weighted by molar-refractivity contribution is 7.13. The lowest BCUT2D eigenvalue weighted by Gasteiger charge is -2.22. The SMILES string of the molecule is O=C1c2oc3ccc(Cl)cc3c(=O)c2[C@H](c2ccc(Cl)c(Cl)c2)N1c1nccs1. The lowest BCUT2D eigenvalue weighted by atomic mass is 9.99. The first kappa shape index (κ1) is 18.6. The van der Waals surface area contributed by atoms with Gasteiger partial charge in [0.2, 0.25) is 5.76 Å². The lowest BCUT2D eigenvalue weighted by molar-refractivity contribution is 0.0971. The molecule has 0 bridgehead atoms. The van der Waals surface area contributed by atoms with Crippen molar-refractivity contribution in [2.45, 2.75) is 6.04 Å². The second kappa shape index (κ2) is 6.85. The number of rotatable bonds is 2. The van der Waals surface area contributed by atoms with Crippen LogP contribution in [0.2, 0.25) is 15.1 Å². The number of fused-ring (bicyclic) bond motifs is 2. The van der Waals surface area contributed by atoms with E-state index in [1.807, 2.05) is 0 Å². The minimum absolute atomic E-state index is 0.0175. The van der Waals surface area contributed by atoms with Gasteiger partial charge in [0, 0.05) is 16.6 Å². The van der Waals surface area contributed by atoms with Crippen LogP contribution in [0.15, 0.2) is 57.2 Å². The van der Waals surface area contributed by atoms with Crippen molar-refractivity contribution in [2.75, 3.05) is 4.90 Å². The summed E-state index contributed by atoms with van der Waals surface area (Å²) in [5.41, 5.74) is 0.807. The maximum Gasteiger partial charge on any atom is 0.297 e. The van der Waals surface area contributed by atoms with Gasteiger partial charge in [0.25, 0.3) is 5.91 Å². The van der Waals surface area contributed by atoms with E-state index < -0.39 is 11.9 Å². The molecule has 0 saturated heterocycles. The van der Waals surface area contributed by atoms with Crippen LogP contribution >= 0.6 is 46.1 Å². The van der Waals surface area contributed by atoms with E-state index >= 15 is 0 Å². The number of aromatic nitrogens is 1. The number of halogens is 3. The molecular weight excluding hydrogens is 455 g/mol. The summed E-state index contributed by atoms with van der Waals surface area (Å²) in [6.45, 7) is 0. The van der Waals surface area contributed by atoms with Crippen molar-refractivity contribution >= 4 is 68.1 Å². The molecule has 0 saturated carbocycles. The largest absolute Gasteiger partial charge is 0.450 e. The van der Waals surface area contributed by atoms with E-state index in [4.69, 9.17) is 39.2 Å². The number of amides is 1. The summed E-state index contributed by atoms with van der Waals surface area (Å²) in [4.78, 5) is 32.4. The molecule has 5 rings (SSSR count). The van der Waals surface area contributed by atoms with E-state index in [9.17, 15) is 9.59 Å². The predicted molar refractivity (Wildman–Crippen MR) is 115 cm³/mol. The number of anilines is 1. The monoisotopic (exact) mass is 462 g/mol. The third kappa shape index (κ3) is 2.87. The summed E-state index contributed by atoms with van der Waals surface area (Å²) in [6.07, 6.45) is 1.59. The lowest BCUT2D eigenvalue weighted by Crippen LogP contribution is -2.29. The molecule has 9 heteroatoms. The van der Waals surface area contributed by atoms with Gasteiger partial charge >= 0.3 is 0 Å². The Kier molecular flexibility index (Phi) is 4.40. The first-order chi connectivity index (χ1) is 14.0. The van der Waals surface area contributed by atoms with Crippen molar-refractivity contribution < 1.29 is 9.21 Å². The third-order valence-electron chi connectivity index (χ3n) is 4.72.